The summed E-state index contributed by atoms with van der Waals surface area (Å²) in [6.07, 6.45) is 3.88. The topological polar surface area (TPSA) is 59.8 Å². The summed E-state index contributed by atoms with van der Waals surface area (Å²) < 4.78 is 5.32. The van der Waals surface area contributed by atoms with E-state index in [9.17, 15) is 10.1 Å². The minimum absolute atomic E-state index is 0.0121. The van der Waals surface area contributed by atoms with Crippen molar-refractivity contribution >= 4 is 6.03 Å². The van der Waals surface area contributed by atoms with Crippen molar-refractivity contribution in [1.29, 1.82) is 5.26 Å². The fourth-order valence-corrected chi connectivity index (χ4v) is 5.33. The van der Waals surface area contributed by atoms with E-state index < -0.39 is 5.41 Å². The Hall–Kier alpha value is -2.10. The van der Waals surface area contributed by atoms with E-state index in [1.165, 1.54) is 5.56 Å². The predicted molar refractivity (Wildman–Crippen MR) is 118 cm³/mol. The summed E-state index contributed by atoms with van der Waals surface area (Å²) in [5.41, 5.74) is 0.595. The molecule has 6 heteroatoms. The van der Waals surface area contributed by atoms with Crippen LogP contribution in [0.25, 0.3) is 0 Å². The zero-order chi connectivity index (χ0) is 22.0. The number of urea groups is 1. The SMILES string of the molecule is COCCN1C(=O)N(CC(C)(C)C#N)CC12CCC(c1ccccc1)(N(C)C)CC2. The monoisotopic (exact) mass is 412 g/mol. The van der Waals surface area contributed by atoms with Crippen molar-refractivity contribution < 1.29 is 9.53 Å². The van der Waals surface area contributed by atoms with Crippen LogP contribution in [0.2, 0.25) is 0 Å². The van der Waals surface area contributed by atoms with E-state index in [1.807, 2.05) is 23.6 Å². The van der Waals surface area contributed by atoms with Crippen molar-refractivity contribution in [3.8, 4) is 6.07 Å². The molecule has 1 aromatic carbocycles. The molecule has 0 atom stereocenters. The number of hydrogen-bond donors (Lipinski definition) is 0. The van der Waals surface area contributed by atoms with Crippen LogP contribution < -0.4 is 0 Å². The number of nitriles is 1. The zero-order valence-corrected chi connectivity index (χ0v) is 19.1. The predicted octanol–water partition coefficient (Wildman–Crippen LogP) is 3.69. The van der Waals surface area contributed by atoms with Crippen LogP contribution in [0.4, 0.5) is 4.79 Å². The number of hydrogen-bond acceptors (Lipinski definition) is 4. The molecule has 0 bridgehead atoms. The Labute approximate surface area is 181 Å². The fraction of sp³-hybridized carbons (Fsp3) is 0.667. The lowest BCUT2D eigenvalue weighted by molar-refractivity contribution is 0.0174. The molecule has 0 aromatic heterocycles. The number of carbonyl (C=O) groups excluding carboxylic acids is 1. The van der Waals surface area contributed by atoms with E-state index in [2.05, 4.69) is 55.4 Å². The van der Waals surface area contributed by atoms with Crippen molar-refractivity contribution in [2.75, 3.05) is 47.4 Å². The standard InChI is InChI=1S/C24H36N4O2/c1-22(2,17-25)18-27-19-23(28(21(27)29)15-16-30-5)11-13-24(14-12-23,26(3)4)20-9-7-6-8-10-20/h6-10H,11-16,18-19H2,1-5H3. The van der Waals surface area contributed by atoms with Crippen LogP contribution in [0.3, 0.4) is 0 Å². The minimum Gasteiger partial charge on any atom is -0.383 e. The highest BCUT2D eigenvalue weighted by Crippen LogP contribution is 2.49. The van der Waals surface area contributed by atoms with E-state index in [0.29, 0.717) is 26.2 Å². The quantitative estimate of drug-likeness (QED) is 0.685. The molecule has 1 aliphatic carbocycles. The number of amides is 2. The highest BCUT2D eigenvalue weighted by Gasteiger charge is 2.54. The van der Waals surface area contributed by atoms with Crippen molar-refractivity contribution in [2.45, 2.75) is 50.6 Å². The summed E-state index contributed by atoms with van der Waals surface area (Å²) in [5, 5.41) is 9.48. The van der Waals surface area contributed by atoms with E-state index in [4.69, 9.17) is 4.74 Å². The van der Waals surface area contributed by atoms with Gasteiger partial charge in [-0.1, -0.05) is 30.3 Å². The highest BCUT2D eigenvalue weighted by atomic mass is 16.5. The average molecular weight is 413 g/mol. The lowest BCUT2D eigenvalue weighted by Gasteiger charge is -2.51. The van der Waals surface area contributed by atoms with Gasteiger partial charge in [-0.25, -0.2) is 4.79 Å². The summed E-state index contributed by atoms with van der Waals surface area (Å²) in [5.74, 6) is 0. The molecule has 2 fully saturated rings. The molecule has 0 unspecified atom stereocenters. The number of carbonyl (C=O) groups is 1. The van der Waals surface area contributed by atoms with Crippen molar-refractivity contribution in [2.24, 2.45) is 5.41 Å². The number of methoxy groups -OCH3 is 1. The largest absolute Gasteiger partial charge is 0.383 e. The van der Waals surface area contributed by atoms with Gasteiger partial charge in [-0.05, 0) is 59.2 Å². The zero-order valence-electron chi connectivity index (χ0n) is 19.1. The van der Waals surface area contributed by atoms with Gasteiger partial charge >= 0.3 is 6.03 Å². The molecule has 2 aliphatic rings. The molecule has 6 nitrogen and oxygen atoms in total. The van der Waals surface area contributed by atoms with Gasteiger partial charge in [0.15, 0.2) is 0 Å². The second-order valence-electron chi connectivity index (χ2n) is 9.80. The third-order valence-corrected chi connectivity index (χ3v) is 7.14. The van der Waals surface area contributed by atoms with Crippen molar-refractivity contribution in [1.82, 2.24) is 14.7 Å². The summed E-state index contributed by atoms with van der Waals surface area (Å²) in [6, 6.07) is 13.1. The second-order valence-corrected chi connectivity index (χ2v) is 9.80. The first-order valence-electron chi connectivity index (χ1n) is 10.9. The smallest absolute Gasteiger partial charge is 0.320 e. The van der Waals surface area contributed by atoms with Crippen molar-refractivity contribution in [3.05, 3.63) is 35.9 Å². The maximum absolute atomic E-state index is 13.3. The molecular weight excluding hydrogens is 376 g/mol. The van der Waals surface area contributed by atoms with Gasteiger partial charge in [0.25, 0.3) is 0 Å². The van der Waals surface area contributed by atoms with Gasteiger partial charge in [-0.15, -0.1) is 0 Å². The van der Waals surface area contributed by atoms with Crippen LogP contribution in [0.15, 0.2) is 30.3 Å². The minimum atomic E-state index is -0.555. The Bertz CT molecular complexity index is 776. The molecule has 1 aliphatic heterocycles. The lowest BCUT2D eigenvalue weighted by atomic mass is 9.68. The lowest BCUT2D eigenvalue weighted by Crippen LogP contribution is -2.56. The van der Waals surface area contributed by atoms with Gasteiger partial charge in [0.05, 0.1) is 23.6 Å². The van der Waals surface area contributed by atoms with Crippen LogP contribution in [0, 0.1) is 16.7 Å². The molecule has 1 heterocycles. The van der Waals surface area contributed by atoms with E-state index in [0.717, 1.165) is 25.7 Å². The maximum atomic E-state index is 13.3. The average Bonchev–Trinajstić information content (AvgIpc) is 2.97. The van der Waals surface area contributed by atoms with Gasteiger partial charge in [0, 0.05) is 32.3 Å². The third kappa shape index (κ3) is 4.06. The second kappa shape index (κ2) is 8.56. The molecular formula is C24H36N4O2. The Morgan fingerprint density at radius 2 is 1.80 bits per heavy atom. The molecule has 2 amide bonds. The molecule has 1 saturated heterocycles. The Balaban J connectivity index is 1.87. The first-order valence-corrected chi connectivity index (χ1v) is 10.9. The summed E-state index contributed by atoms with van der Waals surface area (Å²) in [7, 11) is 6.00. The van der Waals surface area contributed by atoms with Crippen LogP contribution in [0.1, 0.15) is 45.1 Å². The molecule has 1 aromatic rings. The molecule has 0 radical (unpaired) electrons. The Morgan fingerprint density at radius 3 is 2.33 bits per heavy atom. The maximum Gasteiger partial charge on any atom is 0.320 e. The third-order valence-electron chi connectivity index (χ3n) is 7.14. The normalized spacial score (nSPS) is 27.2. The van der Waals surface area contributed by atoms with Crippen LogP contribution in [-0.4, -0.2) is 73.7 Å². The molecule has 0 N–H and O–H groups in total. The molecule has 30 heavy (non-hydrogen) atoms. The van der Waals surface area contributed by atoms with Gasteiger partial charge in [0.1, 0.15) is 0 Å². The molecule has 3 rings (SSSR count). The van der Waals surface area contributed by atoms with E-state index >= 15 is 0 Å². The number of benzene rings is 1. The Morgan fingerprint density at radius 1 is 1.17 bits per heavy atom. The number of nitrogens with zero attached hydrogens (tertiary/aromatic N) is 4. The first kappa shape index (κ1) is 22.6. The summed E-state index contributed by atoms with van der Waals surface area (Å²) >= 11 is 0. The van der Waals surface area contributed by atoms with E-state index in [1.54, 1.807) is 7.11 Å². The molecule has 164 valence electrons. The number of rotatable bonds is 7. The van der Waals surface area contributed by atoms with Gasteiger partial charge in [-0.3, -0.25) is 4.90 Å². The Kier molecular flexibility index (Phi) is 6.45. The van der Waals surface area contributed by atoms with Gasteiger partial charge in [0.2, 0.25) is 0 Å². The highest BCUT2D eigenvalue weighted by molar-refractivity contribution is 5.78. The molecule has 1 spiro atoms. The summed E-state index contributed by atoms with van der Waals surface area (Å²) in [4.78, 5) is 19.6. The van der Waals surface area contributed by atoms with E-state index in [-0.39, 0.29) is 17.1 Å². The van der Waals surface area contributed by atoms with Crippen LogP contribution >= 0.6 is 0 Å². The van der Waals surface area contributed by atoms with Gasteiger partial charge in [-0.2, -0.15) is 5.26 Å². The summed E-state index contributed by atoms with van der Waals surface area (Å²) in [6.45, 7) is 6.08. The van der Waals surface area contributed by atoms with Crippen LogP contribution in [-0.2, 0) is 10.3 Å². The molecule has 1 saturated carbocycles. The first-order chi connectivity index (χ1) is 14.2. The van der Waals surface area contributed by atoms with Crippen LogP contribution in [0.5, 0.6) is 0 Å². The van der Waals surface area contributed by atoms with Crippen molar-refractivity contribution in [3.63, 3.8) is 0 Å². The van der Waals surface area contributed by atoms with Gasteiger partial charge < -0.3 is 14.5 Å². The fourth-order valence-electron chi connectivity index (χ4n) is 5.33. The number of ether oxygens (including phenoxy) is 1.